The van der Waals surface area contributed by atoms with E-state index in [4.69, 9.17) is 9.47 Å². The zero-order valence-electron chi connectivity index (χ0n) is 30.3. The van der Waals surface area contributed by atoms with E-state index < -0.39 is 74.1 Å². The fraction of sp³-hybridized carbons (Fsp3) is 0.462. The molecule has 1 spiro atoms. The van der Waals surface area contributed by atoms with Crippen molar-refractivity contribution >= 4 is 37.4 Å². The Balaban J connectivity index is 1.24. The zero-order chi connectivity index (χ0) is 38.7. The van der Waals surface area contributed by atoms with E-state index in [9.17, 15) is 44.7 Å². The first-order valence-corrected chi connectivity index (χ1v) is 21.2. The van der Waals surface area contributed by atoms with Crippen molar-refractivity contribution in [3.05, 3.63) is 95.1 Å². The molecule has 0 aromatic heterocycles. The van der Waals surface area contributed by atoms with Gasteiger partial charge in [0.1, 0.15) is 18.3 Å². The lowest BCUT2D eigenvalue weighted by Gasteiger charge is -2.37. The largest absolute Gasteiger partial charge is 0.432 e. The number of nitrogens with zero attached hydrogens (tertiary/aromatic N) is 2. The molecule has 3 amide bonds. The Morgan fingerprint density at radius 3 is 2.31 bits per heavy atom. The number of anilines is 2. The molecule has 3 aromatic carbocycles. The van der Waals surface area contributed by atoms with Gasteiger partial charge >= 0.3 is 0 Å². The van der Waals surface area contributed by atoms with Gasteiger partial charge in [0.2, 0.25) is 5.91 Å². The highest BCUT2D eigenvalue weighted by molar-refractivity contribution is 6.71. The third-order valence-electron chi connectivity index (χ3n) is 11.5. The minimum atomic E-state index is -3.18. The van der Waals surface area contributed by atoms with Gasteiger partial charge in [-0.05, 0) is 54.4 Å². The van der Waals surface area contributed by atoms with E-state index in [-0.39, 0.29) is 37.1 Å². The minimum absolute atomic E-state index is 0.141. The zero-order valence-corrected chi connectivity index (χ0v) is 31.3. The number of fused-ring (bicyclic) bond motifs is 3. The first kappa shape index (κ1) is 38.2. The van der Waals surface area contributed by atoms with E-state index in [1.165, 1.54) is 0 Å². The maximum Gasteiger partial charge on any atom is 0.264 e. The average molecular weight is 762 g/mol. The second-order valence-corrected chi connectivity index (χ2v) is 19.4. The fourth-order valence-electron chi connectivity index (χ4n) is 8.90. The minimum Gasteiger partial charge on any atom is -0.432 e. The van der Waals surface area contributed by atoms with Crippen LogP contribution in [0, 0.1) is 5.92 Å². The summed E-state index contributed by atoms with van der Waals surface area (Å²) in [6.07, 6.45) is -9.69. The Morgan fingerprint density at radius 2 is 1.63 bits per heavy atom. The van der Waals surface area contributed by atoms with E-state index in [0.717, 1.165) is 16.7 Å². The number of ether oxygens (including phenoxy) is 2. The summed E-state index contributed by atoms with van der Waals surface area (Å²) in [5.74, 6) is -2.21. The standard InChI is InChI=1S/C39H47N3O11Si/c1-21-35(54(2,3)51)29(17-30(44)41-19-24-12-8-7-11-23(24)15-26(41)20-43)53-39(21)27-16-25(40-36(48)34-32(46)31(45)33(47)37(49)52-34)13-14-28(27)42(38(39)50)18-22-9-5-4-6-10-22/h4-14,16,21,26,29,31-35,37,43,45-47,49,51H,15,17-20H2,1-3H3,(H,40,48)/t21-,26-,29+,31-,32-,33+,34-,35-,37+,39+/m0/s1. The van der Waals surface area contributed by atoms with Gasteiger partial charge in [0.05, 0.1) is 37.4 Å². The summed E-state index contributed by atoms with van der Waals surface area (Å²) in [6, 6.07) is 21.5. The van der Waals surface area contributed by atoms with E-state index in [2.05, 4.69) is 5.32 Å². The highest BCUT2D eigenvalue weighted by Gasteiger charge is 2.66. The predicted molar refractivity (Wildman–Crippen MR) is 197 cm³/mol. The summed E-state index contributed by atoms with van der Waals surface area (Å²) in [7, 11) is -3.18. The highest BCUT2D eigenvalue weighted by atomic mass is 28.4. The molecule has 0 unspecified atom stereocenters. The van der Waals surface area contributed by atoms with Gasteiger partial charge in [-0.1, -0.05) is 61.5 Å². The van der Waals surface area contributed by atoms with Gasteiger partial charge in [-0.25, -0.2) is 0 Å². The molecule has 4 aliphatic heterocycles. The van der Waals surface area contributed by atoms with E-state index in [1.807, 2.05) is 61.5 Å². The molecule has 2 fully saturated rings. The molecule has 7 N–H and O–H groups in total. The van der Waals surface area contributed by atoms with Crippen LogP contribution in [0.5, 0.6) is 0 Å². The molecular weight excluding hydrogens is 715 g/mol. The molecule has 0 saturated carbocycles. The van der Waals surface area contributed by atoms with Crippen LogP contribution in [0.15, 0.2) is 72.8 Å². The van der Waals surface area contributed by atoms with Gasteiger partial charge in [-0.2, -0.15) is 0 Å². The number of carbonyl (C=O) groups is 3. The molecule has 14 nitrogen and oxygen atoms in total. The van der Waals surface area contributed by atoms with Crippen LogP contribution < -0.4 is 10.2 Å². The summed E-state index contributed by atoms with van der Waals surface area (Å²) >= 11 is 0. The first-order valence-electron chi connectivity index (χ1n) is 18.2. The number of aliphatic hydroxyl groups excluding tert-OH is 5. The third-order valence-corrected chi connectivity index (χ3v) is 14.0. The van der Waals surface area contributed by atoms with Gasteiger partial charge in [-0.3, -0.25) is 14.4 Å². The van der Waals surface area contributed by atoms with Crippen molar-refractivity contribution in [3.8, 4) is 0 Å². The number of hydrogen-bond donors (Lipinski definition) is 7. The van der Waals surface area contributed by atoms with Crippen LogP contribution in [0.3, 0.4) is 0 Å². The molecule has 2 saturated heterocycles. The number of aliphatic hydroxyl groups is 5. The van der Waals surface area contributed by atoms with Gasteiger partial charge in [0.25, 0.3) is 11.8 Å². The molecule has 15 heteroatoms. The Morgan fingerprint density at radius 1 is 0.944 bits per heavy atom. The number of amides is 3. The second kappa shape index (κ2) is 14.6. The van der Waals surface area contributed by atoms with E-state index >= 15 is 0 Å². The summed E-state index contributed by atoms with van der Waals surface area (Å²) in [5, 5.41) is 53.5. The molecular formula is C39H47N3O11Si. The topological polar surface area (TPSA) is 210 Å². The molecule has 7 rings (SSSR count). The number of rotatable bonds is 8. The van der Waals surface area contributed by atoms with Gasteiger partial charge < -0.3 is 54.9 Å². The maximum atomic E-state index is 15.0. The SMILES string of the molecule is C[C@H]1[C@H]([Si](C)(C)O)[C@@H](CC(=O)N2Cc3ccccc3C[C@H]2CO)O[C@]12C(=O)N(Cc1ccccc1)c1ccc(NC(=O)[C@H]3O[C@@H](O)[C@H](O)[C@@H](O)[C@@H]3O)cc12. The van der Waals surface area contributed by atoms with Gasteiger partial charge in [0.15, 0.2) is 26.3 Å². The quantitative estimate of drug-likeness (QED) is 0.162. The number of carbonyl (C=O) groups excluding carboxylic acids is 3. The highest BCUT2D eigenvalue weighted by Crippen LogP contribution is 2.60. The van der Waals surface area contributed by atoms with Crippen LogP contribution in [0.2, 0.25) is 18.6 Å². The number of hydrogen-bond acceptors (Lipinski definition) is 11. The number of nitrogens with one attached hydrogen (secondary N) is 1. The summed E-state index contributed by atoms with van der Waals surface area (Å²) in [5.41, 5.74) is 1.74. The Labute approximate surface area is 313 Å². The van der Waals surface area contributed by atoms with Crippen LogP contribution in [-0.2, 0) is 49.0 Å². The molecule has 54 heavy (non-hydrogen) atoms. The molecule has 4 heterocycles. The molecule has 0 aliphatic carbocycles. The van der Waals surface area contributed by atoms with Crippen molar-refractivity contribution in [2.24, 2.45) is 5.92 Å². The molecule has 4 aliphatic rings. The van der Waals surface area contributed by atoms with Crippen molar-refractivity contribution < 1.29 is 54.2 Å². The van der Waals surface area contributed by atoms with Crippen molar-refractivity contribution in [3.63, 3.8) is 0 Å². The van der Waals surface area contributed by atoms with Crippen LogP contribution in [-0.4, -0.2) is 111 Å². The lowest BCUT2D eigenvalue weighted by atomic mass is 9.82. The molecule has 3 aromatic rings. The number of benzene rings is 3. The lowest BCUT2D eigenvalue weighted by Crippen LogP contribution is -2.60. The van der Waals surface area contributed by atoms with E-state index in [0.29, 0.717) is 24.2 Å². The van der Waals surface area contributed by atoms with Gasteiger partial charge in [-0.15, -0.1) is 0 Å². The average Bonchev–Trinajstić information content (AvgIpc) is 3.57. The monoisotopic (exact) mass is 761 g/mol. The van der Waals surface area contributed by atoms with Crippen molar-refractivity contribution in [1.82, 2.24) is 4.90 Å². The normalized spacial score (nSPS) is 32.1. The Bertz CT molecular complexity index is 1910. The van der Waals surface area contributed by atoms with Crippen LogP contribution in [0.1, 0.15) is 35.6 Å². The molecule has 10 atom stereocenters. The molecule has 288 valence electrons. The third kappa shape index (κ3) is 6.56. The second-order valence-electron chi connectivity index (χ2n) is 15.4. The Kier molecular flexibility index (Phi) is 10.3. The van der Waals surface area contributed by atoms with E-state index in [1.54, 1.807) is 41.1 Å². The van der Waals surface area contributed by atoms with Crippen LogP contribution in [0.25, 0.3) is 0 Å². The van der Waals surface area contributed by atoms with Crippen LogP contribution >= 0.6 is 0 Å². The van der Waals surface area contributed by atoms with Crippen molar-refractivity contribution in [2.45, 2.75) is 99.9 Å². The predicted octanol–water partition coefficient (Wildman–Crippen LogP) is 1.11. The van der Waals surface area contributed by atoms with Gasteiger partial charge in [0, 0.05) is 29.3 Å². The van der Waals surface area contributed by atoms with Crippen LogP contribution in [0.4, 0.5) is 11.4 Å². The molecule has 0 radical (unpaired) electrons. The summed E-state index contributed by atoms with van der Waals surface area (Å²) < 4.78 is 12.0. The maximum absolute atomic E-state index is 15.0. The Hall–Kier alpha value is -4.03. The molecule has 0 bridgehead atoms. The smallest absolute Gasteiger partial charge is 0.264 e. The van der Waals surface area contributed by atoms with Crippen molar-refractivity contribution in [2.75, 3.05) is 16.8 Å². The summed E-state index contributed by atoms with van der Waals surface area (Å²) in [4.78, 5) is 57.6. The summed E-state index contributed by atoms with van der Waals surface area (Å²) in [6.45, 7) is 5.63. The lowest BCUT2D eigenvalue weighted by molar-refractivity contribution is -0.274. The fourth-order valence-corrected chi connectivity index (χ4v) is 11.5. The van der Waals surface area contributed by atoms with Crippen molar-refractivity contribution in [1.29, 1.82) is 0 Å². The first-order chi connectivity index (χ1) is 25.6.